The SMILES string of the molecule is COc1ccccc1OCC(=O)NCCc1ccc(OC(F)F)cc1. The van der Waals surface area contributed by atoms with Gasteiger partial charge in [0.1, 0.15) is 5.75 Å². The van der Waals surface area contributed by atoms with Gasteiger partial charge in [-0.15, -0.1) is 0 Å². The molecule has 5 nitrogen and oxygen atoms in total. The first-order chi connectivity index (χ1) is 12.1. The van der Waals surface area contributed by atoms with Crippen molar-refractivity contribution in [3.05, 3.63) is 54.1 Å². The highest BCUT2D eigenvalue weighted by Gasteiger charge is 2.07. The Morgan fingerprint density at radius 3 is 2.40 bits per heavy atom. The minimum Gasteiger partial charge on any atom is -0.493 e. The molecule has 0 aromatic heterocycles. The number of hydrogen-bond donors (Lipinski definition) is 1. The molecule has 25 heavy (non-hydrogen) atoms. The fourth-order valence-electron chi connectivity index (χ4n) is 2.12. The van der Waals surface area contributed by atoms with Gasteiger partial charge < -0.3 is 19.5 Å². The van der Waals surface area contributed by atoms with Crippen molar-refractivity contribution < 1.29 is 27.8 Å². The number of hydrogen-bond acceptors (Lipinski definition) is 4. The monoisotopic (exact) mass is 351 g/mol. The quantitative estimate of drug-likeness (QED) is 0.754. The van der Waals surface area contributed by atoms with E-state index >= 15 is 0 Å². The number of ether oxygens (including phenoxy) is 3. The van der Waals surface area contributed by atoms with Crippen LogP contribution in [-0.4, -0.2) is 32.8 Å². The van der Waals surface area contributed by atoms with E-state index in [1.165, 1.54) is 19.2 Å². The third-order valence-electron chi connectivity index (χ3n) is 3.31. The number of halogens is 2. The van der Waals surface area contributed by atoms with Crippen LogP contribution in [0.1, 0.15) is 5.56 Å². The second-order valence-corrected chi connectivity index (χ2v) is 5.06. The summed E-state index contributed by atoms with van der Waals surface area (Å²) in [5.41, 5.74) is 0.896. The number of carbonyl (C=O) groups is 1. The van der Waals surface area contributed by atoms with Crippen LogP contribution in [0, 0.1) is 0 Å². The van der Waals surface area contributed by atoms with Crippen LogP contribution in [0.5, 0.6) is 17.2 Å². The van der Waals surface area contributed by atoms with E-state index in [2.05, 4.69) is 10.1 Å². The molecule has 7 heteroatoms. The van der Waals surface area contributed by atoms with E-state index in [1.807, 2.05) is 6.07 Å². The van der Waals surface area contributed by atoms with Crippen molar-refractivity contribution in [2.75, 3.05) is 20.3 Å². The maximum atomic E-state index is 12.1. The van der Waals surface area contributed by atoms with Crippen molar-refractivity contribution in [1.29, 1.82) is 0 Å². The topological polar surface area (TPSA) is 56.8 Å². The zero-order chi connectivity index (χ0) is 18.1. The molecule has 2 aromatic carbocycles. The molecule has 0 fully saturated rings. The van der Waals surface area contributed by atoms with Gasteiger partial charge in [-0.25, -0.2) is 0 Å². The van der Waals surface area contributed by atoms with Crippen molar-refractivity contribution in [2.24, 2.45) is 0 Å². The molecule has 1 amide bonds. The summed E-state index contributed by atoms with van der Waals surface area (Å²) in [6, 6.07) is 13.3. The third-order valence-corrected chi connectivity index (χ3v) is 3.31. The highest BCUT2D eigenvalue weighted by Crippen LogP contribution is 2.25. The number of carbonyl (C=O) groups excluding carboxylic acids is 1. The molecule has 0 saturated heterocycles. The van der Waals surface area contributed by atoms with E-state index < -0.39 is 6.61 Å². The number of methoxy groups -OCH3 is 1. The van der Waals surface area contributed by atoms with E-state index in [9.17, 15) is 13.6 Å². The van der Waals surface area contributed by atoms with E-state index in [-0.39, 0.29) is 18.3 Å². The highest BCUT2D eigenvalue weighted by molar-refractivity contribution is 5.77. The molecule has 0 bridgehead atoms. The maximum Gasteiger partial charge on any atom is 0.387 e. The van der Waals surface area contributed by atoms with Crippen LogP contribution in [0.4, 0.5) is 8.78 Å². The van der Waals surface area contributed by atoms with Gasteiger partial charge in [0, 0.05) is 6.54 Å². The molecule has 1 N–H and O–H groups in total. The van der Waals surface area contributed by atoms with Crippen LogP contribution in [-0.2, 0) is 11.2 Å². The van der Waals surface area contributed by atoms with E-state index in [0.717, 1.165) is 5.56 Å². The van der Waals surface area contributed by atoms with Crippen molar-refractivity contribution in [2.45, 2.75) is 13.0 Å². The molecule has 0 spiro atoms. The van der Waals surface area contributed by atoms with E-state index in [4.69, 9.17) is 9.47 Å². The lowest BCUT2D eigenvalue weighted by atomic mass is 10.1. The van der Waals surface area contributed by atoms with E-state index in [1.54, 1.807) is 30.3 Å². The molecule has 0 radical (unpaired) electrons. The van der Waals surface area contributed by atoms with Gasteiger partial charge in [-0.3, -0.25) is 4.79 Å². The first-order valence-electron chi connectivity index (χ1n) is 7.64. The van der Waals surface area contributed by atoms with Crippen LogP contribution in [0.15, 0.2) is 48.5 Å². The Morgan fingerprint density at radius 1 is 1.08 bits per heavy atom. The second-order valence-electron chi connectivity index (χ2n) is 5.06. The predicted molar refractivity (Wildman–Crippen MR) is 88.3 cm³/mol. The molecule has 2 aromatic rings. The van der Waals surface area contributed by atoms with Gasteiger partial charge in [0.15, 0.2) is 18.1 Å². The Morgan fingerprint density at radius 2 is 1.76 bits per heavy atom. The summed E-state index contributed by atoms with van der Waals surface area (Å²) in [5.74, 6) is 0.896. The Kier molecular flexibility index (Phi) is 7.00. The van der Waals surface area contributed by atoms with Crippen LogP contribution < -0.4 is 19.5 Å². The lowest BCUT2D eigenvalue weighted by molar-refractivity contribution is -0.123. The van der Waals surface area contributed by atoms with Crippen LogP contribution in [0.3, 0.4) is 0 Å². The van der Waals surface area contributed by atoms with Gasteiger partial charge in [0.05, 0.1) is 7.11 Å². The first-order valence-corrected chi connectivity index (χ1v) is 7.64. The maximum absolute atomic E-state index is 12.1. The lowest BCUT2D eigenvalue weighted by Gasteiger charge is -2.10. The Labute approximate surface area is 144 Å². The molecule has 0 unspecified atom stereocenters. The number of para-hydroxylation sites is 2. The second kappa shape index (κ2) is 9.46. The molecule has 0 aliphatic carbocycles. The Hall–Kier alpha value is -2.83. The predicted octanol–water partition coefficient (Wildman–Crippen LogP) is 3.03. The Bertz CT molecular complexity index is 677. The summed E-state index contributed by atoms with van der Waals surface area (Å²) >= 11 is 0. The molecular formula is C18H19F2NO4. The Balaban J connectivity index is 1.71. The van der Waals surface area contributed by atoms with Crippen molar-refractivity contribution in [3.8, 4) is 17.2 Å². The molecule has 0 atom stereocenters. The fraction of sp³-hybridized carbons (Fsp3) is 0.278. The average Bonchev–Trinajstić information content (AvgIpc) is 2.61. The van der Waals surface area contributed by atoms with Gasteiger partial charge in [0.2, 0.25) is 0 Å². The smallest absolute Gasteiger partial charge is 0.387 e. The highest BCUT2D eigenvalue weighted by atomic mass is 19.3. The summed E-state index contributed by atoms with van der Waals surface area (Å²) in [6.07, 6.45) is 0.565. The number of alkyl halides is 2. The molecule has 134 valence electrons. The molecule has 0 saturated carbocycles. The molecule has 0 aliphatic rings. The number of rotatable bonds is 9. The molecule has 0 aliphatic heterocycles. The third kappa shape index (κ3) is 6.29. The average molecular weight is 351 g/mol. The normalized spacial score (nSPS) is 10.4. The van der Waals surface area contributed by atoms with Gasteiger partial charge in [-0.2, -0.15) is 8.78 Å². The van der Waals surface area contributed by atoms with Gasteiger partial charge in [-0.1, -0.05) is 24.3 Å². The zero-order valence-electron chi connectivity index (χ0n) is 13.7. The van der Waals surface area contributed by atoms with Crippen molar-refractivity contribution >= 4 is 5.91 Å². The van der Waals surface area contributed by atoms with Gasteiger partial charge in [-0.05, 0) is 36.2 Å². The minimum absolute atomic E-state index is 0.105. The first kappa shape index (κ1) is 18.5. The summed E-state index contributed by atoms with van der Waals surface area (Å²) in [5, 5.41) is 2.73. The largest absolute Gasteiger partial charge is 0.493 e. The van der Waals surface area contributed by atoms with Crippen molar-refractivity contribution in [1.82, 2.24) is 5.32 Å². The number of benzene rings is 2. The minimum atomic E-state index is -2.84. The summed E-state index contributed by atoms with van der Waals surface area (Å²) in [4.78, 5) is 11.8. The summed E-state index contributed by atoms with van der Waals surface area (Å²) < 4.78 is 39.0. The van der Waals surface area contributed by atoms with Gasteiger partial charge >= 0.3 is 6.61 Å². The van der Waals surface area contributed by atoms with Crippen LogP contribution in [0.25, 0.3) is 0 Å². The summed E-state index contributed by atoms with van der Waals surface area (Å²) in [6.45, 7) is -2.56. The standard InChI is InChI=1S/C18H19F2NO4/c1-23-15-4-2-3-5-16(15)24-12-17(22)21-11-10-13-6-8-14(9-7-13)25-18(19)20/h2-9,18H,10-12H2,1H3,(H,21,22). The van der Waals surface area contributed by atoms with Crippen LogP contribution in [0.2, 0.25) is 0 Å². The molecule has 0 heterocycles. The number of nitrogens with one attached hydrogen (secondary N) is 1. The van der Waals surface area contributed by atoms with E-state index in [0.29, 0.717) is 24.5 Å². The van der Waals surface area contributed by atoms with Gasteiger partial charge in [0.25, 0.3) is 5.91 Å². The van der Waals surface area contributed by atoms with Crippen molar-refractivity contribution in [3.63, 3.8) is 0 Å². The summed E-state index contributed by atoms with van der Waals surface area (Å²) in [7, 11) is 1.53. The zero-order valence-corrected chi connectivity index (χ0v) is 13.7. The number of amides is 1. The molecular weight excluding hydrogens is 332 g/mol. The van der Waals surface area contributed by atoms with Crippen LogP contribution >= 0.6 is 0 Å². The fourth-order valence-corrected chi connectivity index (χ4v) is 2.12. The lowest BCUT2D eigenvalue weighted by Crippen LogP contribution is -2.30. The molecule has 2 rings (SSSR count).